The van der Waals surface area contributed by atoms with Crippen molar-refractivity contribution in [3.63, 3.8) is 0 Å². The largest absolute Gasteiger partial charge is 0.321 e. The highest BCUT2D eigenvalue weighted by Gasteiger charge is 2.20. The lowest BCUT2D eigenvalue weighted by Crippen LogP contribution is -2.14. The Labute approximate surface area is 171 Å². The number of aromatic amines is 1. The molecule has 0 unspecified atom stereocenters. The molecule has 0 atom stereocenters. The summed E-state index contributed by atoms with van der Waals surface area (Å²) in [6, 6.07) is 11.8. The Morgan fingerprint density at radius 1 is 1.18 bits per heavy atom. The molecule has 2 aromatic carbocycles. The quantitative estimate of drug-likeness (QED) is 0.535. The van der Waals surface area contributed by atoms with Crippen LogP contribution in [0.15, 0.2) is 46.9 Å². The van der Waals surface area contributed by atoms with Crippen molar-refractivity contribution in [3.05, 3.63) is 74.6 Å². The molecule has 3 aromatic rings. The van der Waals surface area contributed by atoms with Gasteiger partial charge in [-0.25, -0.2) is 4.39 Å². The van der Waals surface area contributed by atoms with E-state index in [0.717, 1.165) is 6.07 Å². The van der Waals surface area contributed by atoms with Crippen LogP contribution in [-0.2, 0) is 0 Å². The van der Waals surface area contributed by atoms with Gasteiger partial charge in [-0.15, -0.1) is 0 Å². The van der Waals surface area contributed by atoms with Crippen LogP contribution in [0.2, 0.25) is 5.02 Å². The third-order valence-electron chi connectivity index (χ3n) is 3.62. The van der Waals surface area contributed by atoms with Gasteiger partial charge in [-0.2, -0.15) is 10.4 Å². The number of rotatable bonds is 4. The minimum Gasteiger partial charge on any atom is -0.321 e. The van der Waals surface area contributed by atoms with Gasteiger partial charge < -0.3 is 10.6 Å². The summed E-state index contributed by atoms with van der Waals surface area (Å²) in [5.41, 5.74) is 0.232. The van der Waals surface area contributed by atoms with Crippen LogP contribution in [0.1, 0.15) is 26.4 Å². The Hall–Kier alpha value is -3.22. The monoisotopic (exact) mass is 461 g/mol. The Balaban J connectivity index is 1.77. The van der Waals surface area contributed by atoms with E-state index >= 15 is 0 Å². The number of halogens is 3. The highest BCUT2D eigenvalue weighted by atomic mass is 79.9. The molecule has 0 aliphatic rings. The van der Waals surface area contributed by atoms with Gasteiger partial charge in [0.1, 0.15) is 17.7 Å². The van der Waals surface area contributed by atoms with Crippen molar-refractivity contribution in [3.8, 4) is 6.07 Å². The standard InChI is InChI=1S/C18H10BrClFN5O2/c19-14-15(18(28)23-10-5-6-13(21)9(7-10)8-22)25-26-16(14)24-17(27)11-3-1-2-4-12(11)20/h1-7H,(H,23,28)(H2,24,25,26,27). The summed E-state index contributed by atoms with van der Waals surface area (Å²) in [4.78, 5) is 24.7. The predicted octanol–water partition coefficient (Wildman–Crippen LogP) is 4.34. The molecule has 3 N–H and O–H groups in total. The minimum absolute atomic E-state index is 0.0442. The molecule has 0 bridgehead atoms. The van der Waals surface area contributed by atoms with Gasteiger partial charge in [-0.3, -0.25) is 14.7 Å². The average molecular weight is 463 g/mol. The van der Waals surface area contributed by atoms with Gasteiger partial charge >= 0.3 is 0 Å². The lowest BCUT2D eigenvalue weighted by Gasteiger charge is -2.06. The molecule has 7 nitrogen and oxygen atoms in total. The van der Waals surface area contributed by atoms with Crippen molar-refractivity contribution < 1.29 is 14.0 Å². The maximum absolute atomic E-state index is 13.4. The van der Waals surface area contributed by atoms with Crippen LogP contribution < -0.4 is 10.6 Å². The molecule has 10 heteroatoms. The number of carbonyl (C=O) groups excluding carboxylic acids is 2. The van der Waals surface area contributed by atoms with Crippen LogP contribution >= 0.6 is 27.5 Å². The molecule has 0 saturated heterocycles. The van der Waals surface area contributed by atoms with E-state index in [1.54, 1.807) is 30.3 Å². The van der Waals surface area contributed by atoms with Crippen LogP contribution in [0.5, 0.6) is 0 Å². The molecule has 1 heterocycles. The summed E-state index contributed by atoms with van der Waals surface area (Å²) in [6.45, 7) is 0. The molecular weight excluding hydrogens is 453 g/mol. The molecule has 1 aromatic heterocycles. The topological polar surface area (TPSA) is 111 Å². The zero-order valence-corrected chi connectivity index (χ0v) is 16.2. The molecule has 0 fully saturated rings. The molecule has 0 aliphatic carbocycles. The number of hydrogen-bond donors (Lipinski definition) is 3. The minimum atomic E-state index is -0.689. The van der Waals surface area contributed by atoms with E-state index in [1.807, 2.05) is 0 Å². The molecule has 2 amide bonds. The number of carbonyl (C=O) groups is 2. The van der Waals surface area contributed by atoms with E-state index < -0.39 is 17.6 Å². The van der Waals surface area contributed by atoms with E-state index in [9.17, 15) is 14.0 Å². The Morgan fingerprint density at radius 3 is 2.64 bits per heavy atom. The summed E-state index contributed by atoms with van der Waals surface area (Å²) in [5.74, 6) is -1.64. The second-order valence-electron chi connectivity index (χ2n) is 5.46. The first-order valence-electron chi connectivity index (χ1n) is 7.71. The van der Waals surface area contributed by atoms with Gasteiger partial charge in [0.15, 0.2) is 5.69 Å². The van der Waals surface area contributed by atoms with Crippen LogP contribution in [-0.4, -0.2) is 22.0 Å². The van der Waals surface area contributed by atoms with Gasteiger partial charge in [0.2, 0.25) is 0 Å². The molecule has 0 spiro atoms. The van der Waals surface area contributed by atoms with Crippen LogP contribution in [0.3, 0.4) is 0 Å². The summed E-state index contributed by atoms with van der Waals surface area (Å²) in [5, 5.41) is 20.6. The molecule has 140 valence electrons. The van der Waals surface area contributed by atoms with Crippen molar-refractivity contribution in [2.75, 3.05) is 10.6 Å². The predicted molar refractivity (Wildman–Crippen MR) is 105 cm³/mol. The summed E-state index contributed by atoms with van der Waals surface area (Å²) >= 11 is 9.20. The van der Waals surface area contributed by atoms with Crippen molar-refractivity contribution >= 4 is 50.9 Å². The number of amides is 2. The molecule has 0 aliphatic heterocycles. The number of anilines is 2. The number of nitrogens with zero attached hydrogens (tertiary/aromatic N) is 2. The first kappa shape index (κ1) is 19.5. The normalized spacial score (nSPS) is 10.2. The second kappa shape index (κ2) is 8.21. The molecule has 28 heavy (non-hydrogen) atoms. The first-order valence-corrected chi connectivity index (χ1v) is 8.88. The average Bonchev–Trinajstić information content (AvgIpc) is 3.04. The van der Waals surface area contributed by atoms with Crippen LogP contribution in [0, 0.1) is 17.1 Å². The fourth-order valence-corrected chi connectivity index (χ4v) is 2.94. The van der Waals surface area contributed by atoms with E-state index in [-0.39, 0.29) is 37.8 Å². The maximum atomic E-state index is 13.4. The SMILES string of the molecule is N#Cc1cc(NC(=O)c2n[nH]c(NC(=O)c3ccccc3Cl)c2Br)ccc1F. The number of H-pyrrole nitrogens is 1. The highest BCUT2D eigenvalue weighted by Crippen LogP contribution is 2.26. The lowest BCUT2D eigenvalue weighted by atomic mass is 10.2. The third-order valence-corrected chi connectivity index (χ3v) is 4.73. The zero-order chi connectivity index (χ0) is 20.3. The summed E-state index contributed by atoms with van der Waals surface area (Å²) in [6.07, 6.45) is 0. The van der Waals surface area contributed by atoms with E-state index in [1.165, 1.54) is 12.1 Å². The number of benzene rings is 2. The number of nitriles is 1. The first-order chi connectivity index (χ1) is 13.4. The number of aromatic nitrogens is 2. The third kappa shape index (κ3) is 4.03. The smallest absolute Gasteiger partial charge is 0.277 e. The molecule has 0 radical (unpaired) electrons. The fraction of sp³-hybridized carbons (Fsp3) is 0. The van der Waals surface area contributed by atoms with Crippen molar-refractivity contribution in [2.45, 2.75) is 0 Å². The van der Waals surface area contributed by atoms with Crippen molar-refractivity contribution in [1.29, 1.82) is 5.26 Å². The Morgan fingerprint density at radius 2 is 1.93 bits per heavy atom. The fourth-order valence-electron chi connectivity index (χ4n) is 2.27. The van der Waals surface area contributed by atoms with Gasteiger partial charge in [0.25, 0.3) is 11.8 Å². The number of hydrogen-bond acceptors (Lipinski definition) is 4. The van der Waals surface area contributed by atoms with Crippen molar-refractivity contribution in [1.82, 2.24) is 10.2 Å². The van der Waals surface area contributed by atoms with Gasteiger partial charge in [0.05, 0.1) is 20.6 Å². The summed E-state index contributed by atoms with van der Waals surface area (Å²) in [7, 11) is 0. The van der Waals surface area contributed by atoms with Gasteiger partial charge in [-0.05, 0) is 46.3 Å². The second-order valence-corrected chi connectivity index (χ2v) is 6.66. The zero-order valence-electron chi connectivity index (χ0n) is 13.9. The van der Waals surface area contributed by atoms with Crippen molar-refractivity contribution in [2.24, 2.45) is 0 Å². The van der Waals surface area contributed by atoms with Gasteiger partial charge in [-0.1, -0.05) is 23.7 Å². The molecular formula is C18H10BrClFN5O2. The van der Waals surface area contributed by atoms with Gasteiger partial charge in [0, 0.05) is 5.69 Å². The molecule has 0 saturated carbocycles. The van der Waals surface area contributed by atoms with E-state index in [4.69, 9.17) is 16.9 Å². The lowest BCUT2D eigenvalue weighted by molar-refractivity contribution is 0.101. The summed E-state index contributed by atoms with van der Waals surface area (Å²) < 4.78 is 13.6. The van der Waals surface area contributed by atoms with Crippen LogP contribution in [0.4, 0.5) is 15.9 Å². The van der Waals surface area contributed by atoms with E-state index in [2.05, 4.69) is 36.8 Å². The van der Waals surface area contributed by atoms with E-state index in [0.29, 0.717) is 0 Å². The Bertz CT molecular complexity index is 1130. The number of nitrogens with one attached hydrogen (secondary N) is 3. The maximum Gasteiger partial charge on any atom is 0.277 e. The Kier molecular flexibility index (Phi) is 5.73. The highest BCUT2D eigenvalue weighted by molar-refractivity contribution is 9.10. The molecule has 3 rings (SSSR count). The van der Waals surface area contributed by atoms with Crippen LogP contribution in [0.25, 0.3) is 0 Å².